The summed E-state index contributed by atoms with van der Waals surface area (Å²) in [5.41, 5.74) is 0.991. The zero-order valence-corrected chi connectivity index (χ0v) is 31.5. The summed E-state index contributed by atoms with van der Waals surface area (Å²) in [5, 5.41) is 0.677. The summed E-state index contributed by atoms with van der Waals surface area (Å²) in [7, 11) is 0. The third kappa shape index (κ3) is 8.00. The van der Waals surface area contributed by atoms with E-state index in [0.717, 1.165) is 63.7 Å². The number of halogens is 1. The van der Waals surface area contributed by atoms with Gasteiger partial charge >= 0.3 is 0 Å². The standard InChI is InChI=1S/C39H60ClN5O4/c1-26(2)41-17-19-42(20-18-41)37(47)34-22-31(45(30-15-9-27(3)10-16-30)38(48)35-8-7-21-49-35)23-44(34)36(46)33-25-43(39(4,5)6)24-32(33)28-11-13-29(40)14-12-28/h11-14,26-27,30-35H,7-10,15-25H2,1-6H3/t27-,30+,31-,32-,33+,34-,35-/m0/s1. The first-order chi connectivity index (χ1) is 23.3. The van der Waals surface area contributed by atoms with Gasteiger partial charge < -0.3 is 19.4 Å². The monoisotopic (exact) mass is 697 g/mol. The summed E-state index contributed by atoms with van der Waals surface area (Å²) in [5.74, 6) is 0.467. The normalized spacial score (nSPS) is 31.9. The second-order valence-electron chi connectivity index (χ2n) is 16.9. The Bertz CT molecular complexity index is 1310. The van der Waals surface area contributed by atoms with Crippen LogP contribution in [0.25, 0.3) is 0 Å². The lowest BCUT2D eigenvalue weighted by Crippen LogP contribution is -2.56. The van der Waals surface area contributed by atoms with Crippen LogP contribution >= 0.6 is 11.6 Å². The van der Waals surface area contributed by atoms with Crippen LogP contribution in [0.15, 0.2) is 24.3 Å². The molecule has 1 aliphatic carbocycles. The van der Waals surface area contributed by atoms with E-state index in [0.29, 0.717) is 56.2 Å². The quantitative estimate of drug-likeness (QED) is 0.387. The lowest BCUT2D eigenvalue weighted by atomic mass is 9.85. The highest BCUT2D eigenvalue weighted by Gasteiger charge is 2.51. The summed E-state index contributed by atoms with van der Waals surface area (Å²) in [6, 6.07) is 7.67. The molecule has 4 aliphatic heterocycles. The van der Waals surface area contributed by atoms with Gasteiger partial charge in [-0.3, -0.25) is 24.2 Å². The number of carbonyl (C=O) groups excluding carboxylic acids is 3. The molecule has 0 N–H and O–H groups in total. The predicted molar refractivity (Wildman–Crippen MR) is 193 cm³/mol. The second-order valence-corrected chi connectivity index (χ2v) is 17.3. The van der Waals surface area contributed by atoms with Gasteiger partial charge in [-0.25, -0.2) is 0 Å². The molecule has 0 aromatic heterocycles. The number of piperazine rings is 1. The lowest BCUT2D eigenvalue weighted by Gasteiger charge is -2.41. The van der Waals surface area contributed by atoms with Crippen molar-refractivity contribution in [2.45, 2.75) is 128 Å². The van der Waals surface area contributed by atoms with Crippen LogP contribution < -0.4 is 0 Å². The number of amides is 3. The van der Waals surface area contributed by atoms with Crippen molar-refractivity contribution < 1.29 is 19.1 Å². The second kappa shape index (κ2) is 15.2. The number of benzene rings is 1. The molecule has 0 unspecified atom stereocenters. The van der Waals surface area contributed by atoms with E-state index in [9.17, 15) is 9.59 Å². The van der Waals surface area contributed by atoms with E-state index in [1.807, 2.05) is 21.9 Å². The summed E-state index contributed by atoms with van der Waals surface area (Å²) in [6.45, 7) is 18.7. The Labute approximate surface area is 299 Å². The maximum absolute atomic E-state index is 15.1. The average molecular weight is 698 g/mol. The molecule has 5 atom stereocenters. The van der Waals surface area contributed by atoms with Crippen LogP contribution in [0, 0.1) is 11.8 Å². The summed E-state index contributed by atoms with van der Waals surface area (Å²) < 4.78 is 5.97. The molecule has 0 bridgehead atoms. The van der Waals surface area contributed by atoms with Crippen LogP contribution in [0.5, 0.6) is 0 Å². The van der Waals surface area contributed by atoms with E-state index in [4.69, 9.17) is 16.3 Å². The molecule has 3 amide bonds. The molecule has 9 nitrogen and oxygen atoms in total. The fourth-order valence-electron chi connectivity index (χ4n) is 9.14. The van der Waals surface area contributed by atoms with Crippen molar-refractivity contribution in [2.24, 2.45) is 11.8 Å². The largest absolute Gasteiger partial charge is 0.368 e. The van der Waals surface area contributed by atoms with E-state index < -0.39 is 12.1 Å². The molecule has 49 heavy (non-hydrogen) atoms. The van der Waals surface area contributed by atoms with Crippen molar-refractivity contribution in [1.82, 2.24) is 24.5 Å². The zero-order chi connectivity index (χ0) is 35.0. The van der Waals surface area contributed by atoms with Gasteiger partial charge in [-0.05, 0) is 103 Å². The molecule has 5 fully saturated rings. The van der Waals surface area contributed by atoms with Crippen molar-refractivity contribution in [1.29, 1.82) is 0 Å². The molecule has 4 heterocycles. The molecule has 0 radical (unpaired) electrons. The molecule has 0 spiro atoms. The Hall–Kier alpha value is -2.20. The lowest BCUT2D eigenvalue weighted by molar-refractivity contribution is -0.148. The molecule has 1 saturated carbocycles. The van der Waals surface area contributed by atoms with Crippen LogP contribution in [0.2, 0.25) is 5.02 Å². The van der Waals surface area contributed by atoms with Gasteiger partial charge in [-0.1, -0.05) is 30.7 Å². The first kappa shape index (κ1) is 36.6. The number of nitrogens with zero attached hydrogens (tertiary/aromatic N) is 5. The van der Waals surface area contributed by atoms with Gasteiger partial charge in [0.2, 0.25) is 11.8 Å². The smallest absolute Gasteiger partial charge is 0.252 e. The van der Waals surface area contributed by atoms with Gasteiger partial charge in [-0.2, -0.15) is 0 Å². The Morgan fingerprint density at radius 2 is 1.55 bits per heavy atom. The fourth-order valence-corrected chi connectivity index (χ4v) is 9.27. The highest BCUT2D eigenvalue weighted by molar-refractivity contribution is 6.30. The van der Waals surface area contributed by atoms with Crippen LogP contribution in [-0.2, 0) is 19.1 Å². The van der Waals surface area contributed by atoms with Crippen molar-refractivity contribution in [3.8, 4) is 0 Å². The summed E-state index contributed by atoms with van der Waals surface area (Å²) in [4.78, 5) is 54.8. The third-order valence-corrected chi connectivity index (χ3v) is 12.6. The van der Waals surface area contributed by atoms with Crippen LogP contribution in [0.4, 0.5) is 0 Å². The van der Waals surface area contributed by atoms with E-state index in [2.05, 4.69) is 68.4 Å². The number of likely N-dealkylation sites (tertiary alicyclic amines) is 2. The minimum absolute atomic E-state index is 0.0159. The summed E-state index contributed by atoms with van der Waals surface area (Å²) >= 11 is 6.29. The van der Waals surface area contributed by atoms with Gasteiger partial charge in [0.1, 0.15) is 12.1 Å². The fraction of sp³-hybridized carbons (Fsp3) is 0.769. The topological polar surface area (TPSA) is 76.6 Å². The van der Waals surface area contributed by atoms with Crippen molar-refractivity contribution >= 4 is 29.3 Å². The number of hydrogen-bond donors (Lipinski definition) is 0. The maximum Gasteiger partial charge on any atom is 0.252 e. The first-order valence-electron chi connectivity index (χ1n) is 19.1. The highest BCUT2D eigenvalue weighted by Crippen LogP contribution is 2.40. The maximum atomic E-state index is 15.1. The van der Waals surface area contributed by atoms with Gasteiger partial charge in [-0.15, -0.1) is 0 Å². The average Bonchev–Trinajstić information content (AvgIpc) is 3.86. The van der Waals surface area contributed by atoms with Crippen molar-refractivity contribution in [3.63, 3.8) is 0 Å². The first-order valence-corrected chi connectivity index (χ1v) is 19.5. The van der Waals surface area contributed by atoms with Crippen LogP contribution in [-0.4, -0.2) is 130 Å². The van der Waals surface area contributed by atoms with Gasteiger partial charge in [0.05, 0.1) is 12.0 Å². The molecule has 1 aromatic carbocycles. The molecule has 10 heteroatoms. The van der Waals surface area contributed by atoms with E-state index >= 15 is 4.79 Å². The van der Waals surface area contributed by atoms with Gasteiger partial charge in [0.25, 0.3) is 5.91 Å². The Morgan fingerprint density at radius 1 is 0.878 bits per heavy atom. The van der Waals surface area contributed by atoms with Crippen molar-refractivity contribution in [3.05, 3.63) is 34.9 Å². The molecular formula is C39H60ClN5O4. The van der Waals surface area contributed by atoms with Gasteiger partial charge in [0.15, 0.2) is 0 Å². The molecule has 272 valence electrons. The zero-order valence-electron chi connectivity index (χ0n) is 30.8. The van der Waals surface area contributed by atoms with Crippen molar-refractivity contribution in [2.75, 3.05) is 52.4 Å². The minimum Gasteiger partial charge on any atom is -0.368 e. The summed E-state index contributed by atoms with van der Waals surface area (Å²) in [6.07, 6.45) is 5.79. The predicted octanol–water partition coefficient (Wildman–Crippen LogP) is 5.26. The Kier molecular flexibility index (Phi) is 11.3. The minimum atomic E-state index is -0.583. The molecular weight excluding hydrogens is 638 g/mol. The van der Waals surface area contributed by atoms with Gasteiger partial charge in [0, 0.05) is 81.0 Å². The Balaban J connectivity index is 1.32. The number of carbonyl (C=O) groups is 3. The third-order valence-electron chi connectivity index (χ3n) is 12.3. The molecule has 6 rings (SSSR count). The van der Waals surface area contributed by atoms with Crippen LogP contribution in [0.3, 0.4) is 0 Å². The Morgan fingerprint density at radius 3 is 2.14 bits per heavy atom. The van der Waals surface area contributed by atoms with E-state index in [-0.39, 0.29) is 47.2 Å². The molecule has 1 aromatic rings. The molecule has 5 aliphatic rings. The number of hydrogen-bond acceptors (Lipinski definition) is 6. The SMILES string of the molecule is CC(C)N1CCN(C(=O)[C@@H]2C[C@H](N(C(=O)[C@@H]3CCCO3)[C@H]3CC[C@@H](C)CC3)CN2C(=O)[C@@H]2CN(C(C)(C)C)C[C@H]2c2ccc(Cl)cc2)CC1. The van der Waals surface area contributed by atoms with E-state index in [1.54, 1.807) is 0 Å². The number of rotatable bonds is 7. The van der Waals surface area contributed by atoms with Crippen LogP contribution in [0.1, 0.15) is 98.0 Å². The molecule has 4 saturated heterocycles. The number of ether oxygens (including phenoxy) is 1. The van der Waals surface area contributed by atoms with E-state index in [1.165, 1.54) is 0 Å². The highest BCUT2D eigenvalue weighted by atomic mass is 35.5.